The van der Waals surface area contributed by atoms with Gasteiger partial charge < -0.3 is 65.1 Å². The van der Waals surface area contributed by atoms with Crippen molar-refractivity contribution in [3.05, 3.63) is 60.8 Å². The van der Waals surface area contributed by atoms with E-state index in [2.05, 4.69) is 67.8 Å². The summed E-state index contributed by atoms with van der Waals surface area (Å²) in [7, 11) is 0. The Morgan fingerprint density at radius 3 is 1.22 bits per heavy atom. The molecule has 508 valence electrons. The third-order valence-electron chi connectivity index (χ3n) is 17.5. The minimum absolute atomic E-state index is 0.236. The number of carbonyl (C=O) groups excluding carboxylic acids is 1. The molecule has 0 aromatic heterocycles. The van der Waals surface area contributed by atoms with E-state index in [4.69, 9.17) is 18.9 Å². The number of hydrogen-bond acceptors (Lipinski definition) is 13. The molecule has 12 unspecified atom stereocenters. The molecular weight excluding hydrogens is 1100 g/mol. The van der Waals surface area contributed by atoms with Crippen LogP contribution in [0.15, 0.2) is 60.8 Å². The molecule has 0 aromatic carbocycles. The molecule has 0 aliphatic carbocycles. The molecule has 0 spiro atoms. The number of rotatable bonds is 59. The number of carbonyl (C=O) groups is 1. The van der Waals surface area contributed by atoms with Crippen molar-refractivity contribution in [1.82, 2.24) is 5.32 Å². The molecule has 14 heteroatoms. The van der Waals surface area contributed by atoms with Crippen LogP contribution in [0.5, 0.6) is 0 Å². The lowest BCUT2D eigenvalue weighted by Gasteiger charge is -2.46. The Bertz CT molecular complexity index is 1690. The van der Waals surface area contributed by atoms with Gasteiger partial charge in [-0.25, -0.2) is 0 Å². The number of unbranched alkanes of at least 4 members (excludes halogenated alkanes) is 38. The van der Waals surface area contributed by atoms with Gasteiger partial charge in [-0.1, -0.05) is 299 Å². The molecule has 1 amide bonds. The second kappa shape index (κ2) is 57.6. The fourth-order valence-corrected chi connectivity index (χ4v) is 11.8. The minimum atomic E-state index is -1.79. The third kappa shape index (κ3) is 41.7. The monoisotopic (exact) mass is 1230 g/mol. The number of aliphatic hydroxyl groups excluding tert-OH is 8. The number of ether oxygens (including phenoxy) is 4. The highest BCUT2D eigenvalue weighted by atomic mass is 16.7. The fraction of sp³-hybridized carbons (Fsp3) is 0.849. The summed E-state index contributed by atoms with van der Waals surface area (Å²) in [4.78, 5) is 13.3. The molecule has 2 heterocycles. The first kappa shape index (κ1) is 80.8. The van der Waals surface area contributed by atoms with E-state index < -0.39 is 86.8 Å². The highest BCUT2D eigenvalue weighted by molar-refractivity contribution is 5.76. The molecule has 0 saturated carbocycles. The van der Waals surface area contributed by atoms with Crippen LogP contribution >= 0.6 is 0 Å². The number of allylic oxidation sites excluding steroid dienone is 9. The van der Waals surface area contributed by atoms with Gasteiger partial charge in [-0.15, -0.1) is 0 Å². The van der Waals surface area contributed by atoms with E-state index in [-0.39, 0.29) is 18.9 Å². The molecule has 2 fully saturated rings. The zero-order chi connectivity index (χ0) is 63.1. The Balaban J connectivity index is 1.67. The van der Waals surface area contributed by atoms with Gasteiger partial charge >= 0.3 is 0 Å². The summed E-state index contributed by atoms with van der Waals surface area (Å²) in [5.41, 5.74) is 0. The van der Waals surface area contributed by atoms with Crippen molar-refractivity contribution in [3.8, 4) is 0 Å². The molecule has 14 nitrogen and oxygen atoms in total. The van der Waals surface area contributed by atoms with Crippen LogP contribution in [0.25, 0.3) is 0 Å². The largest absolute Gasteiger partial charge is 0.394 e. The predicted molar refractivity (Wildman–Crippen MR) is 355 cm³/mol. The van der Waals surface area contributed by atoms with Gasteiger partial charge in [0.25, 0.3) is 0 Å². The van der Waals surface area contributed by atoms with Crippen molar-refractivity contribution >= 4 is 5.91 Å². The predicted octanol–water partition coefficient (Wildman–Crippen LogP) is 14.8. The lowest BCUT2D eigenvalue weighted by Crippen LogP contribution is -2.65. The molecule has 12 atom stereocenters. The van der Waals surface area contributed by atoms with Crippen LogP contribution in [0.3, 0.4) is 0 Å². The van der Waals surface area contributed by atoms with Crippen molar-refractivity contribution in [2.24, 2.45) is 0 Å². The number of nitrogens with one attached hydrogen (secondary N) is 1. The number of aliphatic hydroxyl groups is 8. The average molecular weight is 1230 g/mol. The van der Waals surface area contributed by atoms with Gasteiger partial charge in [0.15, 0.2) is 12.6 Å². The lowest BCUT2D eigenvalue weighted by molar-refractivity contribution is -0.359. The first-order valence-electron chi connectivity index (χ1n) is 36.0. The second-order valence-electron chi connectivity index (χ2n) is 25.3. The van der Waals surface area contributed by atoms with Crippen LogP contribution in [0.2, 0.25) is 0 Å². The molecule has 0 bridgehead atoms. The highest BCUT2D eigenvalue weighted by Gasteiger charge is 2.51. The summed E-state index contributed by atoms with van der Waals surface area (Å²) < 4.78 is 22.9. The Morgan fingerprint density at radius 2 is 0.793 bits per heavy atom. The fourth-order valence-electron chi connectivity index (χ4n) is 11.8. The summed E-state index contributed by atoms with van der Waals surface area (Å²) in [5.74, 6) is -0.236. The minimum Gasteiger partial charge on any atom is -0.394 e. The van der Waals surface area contributed by atoms with Gasteiger partial charge in [0.05, 0.1) is 32.0 Å². The molecule has 9 N–H and O–H groups in total. The summed E-state index contributed by atoms with van der Waals surface area (Å²) >= 11 is 0. The molecule has 2 rings (SSSR count). The Morgan fingerprint density at radius 1 is 0.425 bits per heavy atom. The lowest BCUT2D eigenvalue weighted by atomic mass is 9.97. The van der Waals surface area contributed by atoms with Crippen molar-refractivity contribution in [2.45, 2.75) is 376 Å². The van der Waals surface area contributed by atoms with Gasteiger partial charge in [0.2, 0.25) is 5.91 Å². The quantitative estimate of drug-likeness (QED) is 0.0204. The van der Waals surface area contributed by atoms with E-state index in [1.807, 2.05) is 6.08 Å². The molecule has 2 aliphatic rings. The molecule has 0 aromatic rings. The Hall–Kier alpha value is -2.31. The smallest absolute Gasteiger partial charge is 0.220 e. The molecule has 87 heavy (non-hydrogen) atoms. The van der Waals surface area contributed by atoms with Gasteiger partial charge in [-0.2, -0.15) is 0 Å². The summed E-state index contributed by atoms with van der Waals surface area (Å²) in [6, 6.07) is -0.917. The summed E-state index contributed by atoms with van der Waals surface area (Å²) in [6.07, 6.45) is 59.9. The van der Waals surface area contributed by atoms with Crippen LogP contribution in [0.1, 0.15) is 303 Å². The van der Waals surface area contributed by atoms with Gasteiger partial charge in [0, 0.05) is 6.42 Å². The van der Waals surface area contributed by atoms with E-state index in [1.165, 1.54) is 212 Å². The van der Waals surface area contributed by atoms with E-state index >= 15 is 0 Å². The van der Waals surface area contributed by atoms with Crippen LogP contribution in [-0.2, 0) is 23.7 Å². The standard InChI is InChI=1S/C73H133NO13/c1-3-5-7-9-11-13-15-17-19-21-23-25-27-29-30-31-32-33-35-37-39-41-43-45-47-49-51-53-55-57-65(78)74-61(60-84-72-70(83)68(81)71(64(59-76)86-72)87-73-69(82)67(80)66(79)63(58-75)85-73)62(77)56-54-52-50-48-46-44-42-40-38-36-34-28-26-24-22-20-18-16-14-12-10-8-6-4-2/h5,7,11,13,17,19,23,25,54,56,61-64,66-73,75-77,79-83H,3-4,6,8-10,12,14-16,18,20-22,24,26-53,55,57-60H2,1-2H3,(H,74,78)/b7-5-,13-11-,19-17-,25-23-,56-54+. The first-order chi connectivity index (χ1) is 42.6. The van der Waals surface area contributed by atoms with E-state index in [1.54, 1.807) is 6.08 Å². The van der Waals surface area contributed by atoms with Crippen molar-refractivity contribution in [3.63, 3.8) is 0 Å². The maximum absolute atomic E-state index is 13.3. The topological polar surface area (TPSA) is 228 Å². The third-order valence-corrected chi connectivity index (χ3v) is 17.5. The summed E-state index contributed by atoms with van der Waals surface area (Å²) in [5, 5.41) is 87.5. The maximum atomic E-state index is 13.3. The van der Waals surface area contributed by atoms with Crippen molar-refractivity contribution < 1.29 is 64.6 Å². The van der Waals surface area contributed by atoms with Gasteiger partial charge in [0.1, 0.15) is 48.8 Å². The molecule has 2 aliphatic heterocycles. The number of amides is 1. The van der Waals surface area contributed by atoms with Crippen LogP contribution < -0.4 is 5.32 Å². The highest BCUT2D eigenvalue weighted by Crippen LogP contribution is 2.30. The van der Waals surface area contributed by atoms with Crippen LogP contribution in [0, 0.1) is 0 Å². The maximum Gasteiger partial charge on any atom is 0.220 e. The van der Waals surface area contributed by atoms with Crippen LogP contribution in [-0.4, -0.2) is 140 Å². The molecule has 2 saturated heterocycles. The van der Waals surface area contributed by atoms with E-state index in [0.29, 0.717) is 6.42 Å². The van der Waals surface area contributed by atoms with Gasteiger partial charge in [-0.05, 0) is 57.8 Å². The normalized spacial score (nSPS) is 23.6. The Kier molecular flexibility index (Phi) is 53.5. The van der Waals surface area contributed by atoms with Crippen LogP contribution in [0.4, 0.5) is 0 Å². The number of hydrogen-bond donors (Lipinski definition) is 9. The van der Waals surface area contributed by atoms with E-state index in [9.17, 15) is 45.6 Å². The Labute approximate surface area is 530 Å². The zero-order valence-corrected chi connectivity index (χ0v) is 55.3. The van der Waals surface area contributed by atoms with Gasteiger partial charge in [-0.3, -0.25) is 4.79 Å². The zero-order valence-electron chi connectivity index (χ0n) is 55.3. The first-order valence-corrected chi connectivity index (χ1v) is 36.0. The second-order valence-corrected chi connectivity index (χ2v) is 25.3. The SMILES string of the molecule is CC/C=C\C/C=C\C/C=C\C/C=C\CCCCCCCCCCCCCCCCCCC(=O)NC(COC1OC(CO)C(OC2OC(CO)C(O)C(O)C2O)C(O)C1O)C(O)/C=C/CCCCCCCCCCCCCCCCCCCCCCCC. The van der Waals surface area contributed by atoms with Crippen molar-refractivity contribution in [1.29, 1.82) is 0 Å². The van der Waals surface area contributed by atoms with E-state index in [0.717, 1.165) is 64.2 Å². The van der Waals surface area contributed by atoms with Crippen molar-refractivity contribution in [2.75, 3.05) is 19.8 Å². The molecular formula is C73H133NO13. The molecule has 0 radical (unpaired) electrons. The average Bonchev–Trinajstić information content (AvgIpc) is 1.55. The summed E-state index contributed by atoms with van der Waals surface area (Å²) in [6.45, 7) is 2.73.